The van der Waals surface area contributed by atoms with E-state index in [0.717, 1.165) is 11.4 Å². The van der Waals surface area contributed by atoms with Gasteiger partial charge in [-0.25, -0.2) is 13.4 Å². The van der Waals surface area contributed by atoms with Crippen molar-refractivity contribution in [1.82, 2.24) is 4.98 Å². The molecule has 0 aliphatic carbocycles. The number of aromatic nitrogens is 1. The topological polar surface area (TPSA) is 68.3 Å². The van der Waals surface area contributed by atoms with Gasteiger partial charge in [0.15, 0.2) is 9.84 Å². The summed E-state index contributed by atoms with van der Waals surface area (Å²) in [6.07, 6.45) is 2.89. The van der Waals surface area contributed by atoms with Gasteiger partial charge in [-0.15, -0.1) is 0 Å². The smallest absolute Gasteiger partial charge is 0.175 e. The van der Waals surface area contributed by atoms with Crippen molar-refractivity contribution >= 4 is 15.7 Å². The van der Waals surface area contributed by atoms with E-state index < -0.39 is 9.84 Å². The van der Waals surface area contributed by atoms with Crippen molar-refractivity contribution in [3.63, 3.8) is 0 Å². The van der Waals surface area contributed by atoms with Crippen molar-refractivity contribution in [3.8, 4) is 5.75 Å². The number of ether oxygens (including phenoxy) is 1. The molecule has 0 atom stereocenters. The zero-order valence-corrected chi connectivity index (χ0v) is 12.1. The van der Waals surface area contributed by atoms with Gasteiger partial charge in [0.25, 0.3) is 0 Å². The fraction of sp³-hybridized carbons (Fsp3) is 0.214. The number of sulfone groups is 1. The molecule has 1 N–H and O–H groups in total. The zero-order valence-electron chi connectivity index (χ0n) is 11.3. The summed E-state index contributed by atoms with van der Waals surface area (Å²) in [5.74, 6) is 1.30. The Balaban J connectivity index is 2.07. The first-order valence-corrected chi connectivity index (χ1v) is 7.94. The number of anilines is 1. The molecule has 0 aliphatic rings. The van der Waals surface area contributed by atoms with Crippen LogP contribution in [0.5, 0.6) is 5.75 Å². The summed E-state index contributed by atoms with van der Waals surface area (Å²) in [4.78, 5) is 4.43. The second kappa shape index (κ2) is 5.92. The van der Waals surface area contributed by atoms with Gasteiger partial charge in [0.1, 0.15) is 18.2 Å². The van der Waals surface area contributed by atoms with Gasteiger partial charge in [-0.1, -0.05) is 12.1 Å². The van der Waals surface area contributed by atoms with Gasteiger partial charge in [-0.05, 0) is 24.3 Å². The Morgan fingerprint density at radius 3 is 2.65 bits per heavy atom. The maximum Gasteiger partial charge on any atom is 0.175 e. The van der Waals surface area contributed by atoms with E-state index in [1.807, 2.05) is 12.1 Å². The second-order valence-electron chi connectivity index (χ2n) is 4.34. The number of hydrogen-bond acceptors (Lipinski definition) is 5. The molecule has 2 aromatic rings. The molecule has 1 aromatic carbocycles. The van der Waals surface area contributed by atoms with Gasteiger partial charge in [0.05, 0.1) is 4.90 Å². The molecule has 0 aliphatic heterocycles. The lowest BCUT2D eigenvalue weighted by Crippen LogP contribution is -2.00. The third-order valence-corrected chi connectivity index (χ3v) is 3.83. The summed E-state index contributed by atoms with van der Waals surface area (Å²) in [6, 6.07) is 10.2. The van der Waals surface area contributed by atoms with Crippen LogP contribution in [0.3, 0.4) is 0 Å². The summed E-state index contributed by atoms with van der Waals surface area (Å²) < 4.78 is 28.5. The lowest BCUT2D eigenvalue weighted by molar-refractivity contribution is 0.305. The molecule has 0 saturated carbocycles. The fourth-order valence-corrected chi connectivity index (χ4v) is 2.28. The monoisotopic (exact) mass is 292 g/mol. The van der Waals surface area contributed by atoms with E-state index in [4.69, 9.17) is 4.74 Å². The number of nitrogens with one attached hydrogen (secondary N) is 1. The first-order valence-electron chi connectivity index (χ1n) is 6.04. The lowest BCUT2D eigenvalue weighted by Gasteiger charge is -2.08. The van der Waals surface area contributed by atoms with Crippen LogP contribution in [0.2, 0.25) is 0 Å². The third-order valence-electron chi connectivity index (χ3n) is 2.72. The van der Waals surface area contributed by atoms with E-state index in [-0.39, 0.29) is 4.90 Å². The highest BCUT2D eigenvalue weighted by Gasteiger charge is 2.07. The largest absolute Gasteiger partial charge is 0.489 e. The molecule has 20 heavy (non-hydrogen) atoms. The van der Waals surface area contributed by atoms with Crippen molar-refractivity contribution in [1.29, 1.82) is 0 Å². The highest BCUT2D eigenvalue weighted by molar-refractivity contribution is 7.90. The minimum absolute atomic E-state index is 0.249. The first kappa shape index (κ1) is 14.3. The van der Waals surface area contributed by atoms with Gasteiger partial charge in [-0.3, -0.25) is 0 Å². The van der Waals surface area contributed by atoms with Gasteiger partial charge in [0.2, 0.25) is 0 Å². The number of rotatable bonds is 5. The molecule has 1 heterocycles. The van der Waals surface area contributed by atoms with Crippen LogP contribution in [0.4, 0.5) is 5.82 Å². The van der Waals surface area contributed by atoms with E-state index in [1.54, 1.807) is 31.4 Å². The number of benzene rings is 1. The van der Waals surface area contributed by atoms with Gasteiger partial charge in [0, 0.05) is 25.1 Å². The van der Waals surface area contributed by atoms with Gasteiger partial charge in [-0.2, -0.15) is 0 Å². The van der Waals surface area contributed by atoms with Crippen LogP contribution >= 0.6 is 0 Å². The number of nitrogens with zero attached hydrogens (tertiary/aromatic N) is 1. The van der Waals surface area contributed by atoms with Crippen LogP contribution in [-0.4, -0.2) is 26.7 Å². The van der Waals surface area contributed by atoms with Crippen LogP contribution in [0, 0.1) is 0 Å². The Bertz CT molecular complexity index is 682. The molecule has 0 unspecified atom stereocenters. The average molecular weight is 292 g/mol. The SMILES string of the molecule is CNc1ccc(COc2cccc(S(C)(=O)=O)c2)cn1. The van der Waals surface area contributed by atoms with Crippen molar-refractivity contribution in [2.24, 2.45) is 0 Å². The quantitative estimate of drug-likeness (QED) is 0.914. The maximum atomic E-state index is 11.5. The molecular weight excluding hydrogens is 276 g/mol. The molecule has 0 fully saturated rings. The molecule has 2 rings (SSSR count). The summed E-state index contributed by atoms with van der Waals surface area (Å²) in [6.45, 7) is 0.338. The highest BCUT2D eigenvalue weighted by Crippen LogP contribution is 2.18. The number of pyridine rings is 1. The summed E-state index contributed by atoms with van der Waals surface area (Å²) in [5.41, 5.74) is 0.911. The molecule has 0 spiro atoms. The first-order chi connectivity index (χ1) is 9.49. The lowest BCUT2D eigenvalue weighted by atomic mass is 10.3. The Morgan fingerprint density at radius 2 is 2.05 bits per heavy atom. The van der Waals surface area contributed by atoms with E-state index in [0.29, 0.717) is 12.4 Å². The number of hydrogen-bond donors (Lipinski definition) is 1. The molecule has 106 valence electrons. The molecule has 5 nitrogen and oxygen atoms in total. The Hall–Kier alpha value is -2.08. The van der Waals surface area contributed by atoms with Crippen molar-refractivity contribution < 1.29 is 13.2 Å². The maximum absolute atomic E-state index is 11.5. The minimum atomic E-state index is -3.22. The second-order valence-corrected chi connectivity index (χ2v) is 6.35. The van der Waals surface area contributed by atoms with E-state index in [9.17, 15) is 8.42 Å². The van der Waals surface area contributed by atoms with Crippen molar-refractivity contribution in [2.45, 2.75) is 11.5 Å². The Morgan fingerprint density at radius 1 is 1.25 bits per heavy atom. The van der Waals surface area contributed by atoms with E-state index in [1.165, 1.54) is 12.3 Å². The van der Waals surface area contributed by atoms with Crippen LogP contribution in [0.15, 0.2) is 47.5 Å². The predicted octanol–water partition coefficient (Wildman–Crippen LogP) is 2.11. The molecule has 6 heteroatoms. The fourth-order valence-electron chi connectivity index (χ4n) is 1.62. The molecular formula is C14H16N2O3S. The van der Waals surface area contributed by atoms with Crippen molar-refractivity contribution in [3.05, 3.63) is 48.2 Å². The van der Waals surface area contributed by atoms with E-state index >= 15 is 0 Å². The summed E-state index contributed by atoms with van der Waals surface area (Å²) >= 11 is 0. The normalized spacial score (nSPS) is 11.1. The molecule has 0 saturated heterocycles. The predicted molar refractivity (Wildman–Crippen MR) is 77.7 cm³/mol. The summed E-state index contributed by atoms with van der Waals surface area (Å²) in [5, 5.41) is 2.93. The van der Waals surface area contributed by atoms with Crippen LogP contribution in [-0.2, 0) is 16.4 Å². The van der Waals surface area contributed by atoms with Crippen molar-refractivity contribution in [2.75, 3.05) is 18.6 Å². The standard InChI is InChI=1S/C14H16N2O3S/c1-15-14-7-6-11(9-16-14)10-19-12-4-3-5-13(8-12)20(2,17)18/h3-9H,10H2,1-2H3,(H,15,16). The third kappa shape index (κ3) is 3.71. The Labute approximate surface area is 118 Å². The average Bonchev–Trinajstić information content (AvgIpc) is 2.45. The molecule has 0 radical (unpaired) electrons. The highest BCUT2D eigenvalue weighted by atomic mass is 32.2. The minimum Gasteiger partial charge on any atom is -0.489 e. The zero-order chi connectivity index (χ0) is 14.6. The summed E-state index contributed by atoms with van der Waals surface area (Å²) in [7, 11) is -1.42. The molecule has 0 bridgehead atoms. The molecule has 1 aromatic heterocycles. The van der Waals surface area contributed by atoms with Crippen LogP contribution in [0.1, 0.15) is 5.56 Å². The van der Waals surface area contributed by atoms with Crippen LogP contribution in [0.25, 0.3) is 0 Å². The van der Waals surface area contributed by atoms with Gasteiger partial charge < -0.3 is 10.1 Å². The molecule has 0 amide bonds. The Kier molecular flexibility index (Phi) is 4.24. The van der Waals surface area contributed by atoms with E-state index in [2.05, 4.69) is 10.3 Å². The van der Waals surface area contributed by atoms with Crippen LogP contribution < -0.4 is 10.1 Å². The van der Waals surface area contributed by atoms with Gasteiger partial charge >= 0.3 is 0 Å².